The van der Waals surface area contributed by atoms with E-state index in [4.69, 9.17) is 5.11 Å². The van der Waals surface area contributed by atoms with Gasteiger partial charge in [-0.3, -0.25) is 14.4 Å². The molecular weight excluding hydrogens is 228 g/mol. The highest BCUT2D eigenvalue weighted by atomic mass is 16.7. The first-order valence-corrected chi connectivity index (χ1v) is 5.14. The van der Waals surface area contributed by atoms with Crippen LogP contribution < -0.4 is 10.8 Å². The molecule has 0 rings (SSSR count). The first-order valence-electron chi connectivity index (χ1n) is 5.14. The Balaban J connectivity index is 3.65. The van der Waals surface area contributed by atoms with Crippen molar-refractivity contribution < 1.29 is 24.3 Å². The summed E-state index contributed by atoms with van der Waals surface area (Å²) < 4.78 is 0. The molecule has 98 valence electrons. The number of aliphatic carboxylic acids is 1. The Bertz CT molecular complexity index is 296. The third kappa shape index (κ3) is 8.21. The quantitative estimate of drug-likeness (QED) is 0.557. The molecule has 0 fully saturated rings. The van der Waals surface area contributed by atoms with Gasteiger partial charge in [0.1, 0.15) is 0 Å². The van der Waals surface area contributed by atoms with Crippen molar-refractivity contribution in [3.05, 3.63) is 0 Å². The number of carbonyl (C=O) groups excluding carboxylic acids is 2. The molecule has 2 amide bonds. The van der Waals surface area contributed by atoms with E-state index >= 15 is 0 Å². The molecule has 0 radical (unpaired) electrons. The molecule has 0 aliphatic carbocycles. The molecule has 0 atom stereocenters. The Morgan fingerprint density at radius 3 is 2.29 bits per heavy atom. The number of rotatable bonds is 6. The summed E-state index contributed by atoms with van der Waals surface area (Å²) in [6.45, 7) is 4.87. The molecule has 0 saturated heterocycles. The summed E-state index contributed by atoms with van der Waals surface area (Å²) in [5.74, 6) is -1.82. The smallest absolute Gasteiger partial charge is 0.332 e. The molecule has 0 aromatic rings. The van der Waals surface area contributed by atoms with Crippen molar-refractivity contribution in [2.24, 2.45) is 5.41 Å². The average Bonchev–Trinajstić information content (AvgIpc) is 2.15. The minimum absolute atomic E-state index is 0.0292. The lowest BCUT2D eigenvalue weighted by atomic mass is 9.96. The highest BCUT2D eigenvalue weighted by Crippen LogP contribution is 2.11. The fourth-order valence-electron chi connectivity index (χ4n) is 0.784. The van der Waals surface area contributed by atoms with Gasteiger partial charge < -0.3 is 10.4 Å². The molecule has 0 aliphatic rings. The van der Waals surface area contributed by atoms with Gasteiger partial charge in [-0.1, -0.05) is 20.8 Å². The topological polar surface area (TPSA) is 105 Å². The van der Waals surface area contributed by atoms with E-state index in [-0.39, 0.29) is 18.9 Å². The lowest BCUT2D eigenvalue weighted by Gasteiger charge is -2.17. The number of carbonyl (C=O) groups is 3. The lowest BCUT2D eigenvalue weighted by molar-refractivity contribution is -0.149. The van der Waals surface area contributed by atoms with Crippen molar-refractivity contribution in [1.29, 1.82) is 0 Å². The Kier molecular flexibility index (Phi) is 6.19. The number of hydroxylamine groups is 1. The molecule has 3 N–H and O–H groups in total. The van der Waals surface area contributed by atoms with E-state index in [1.165, 1.54) is 0 Å². The van der Waals surface area contributed by atoms with Crippen LogP contribution in [0.1, 0.15) is 27.2 Å². The summed E-state index contributed by atoms with van der Waals surface area (Å²) in [5.41, 5.74) is 1.45. The number of hydrogen-bond donors (Lipinski definition) is 3. The Hall–Kier alpha value is -1.63. The second kappa shape index (κ2) is 6.85. The number of carboxylic acid groups (broad SMARTS) is 1. The van der Waals surface area contributed by atoms with E-state index < -0.39 is 23.9 Å². The van der Waals surface area contributed by atoms with E-state index in [0.29, 0.717) is 0 Å². The highest BCUT2D eigenvalue weighted by molar-refractivity contribution is 5.82. The minimum atomic E-state index is -1.17. The normalized spacial score (nSPS) is 10.8. The van der Waals surface area contributed by atoms with Gasteiger partial charge in [-0.05, 0) is 0 Å². The third-order valence-electron chi connectivity index (χ3n) is 1.70. The zero-order chi connectivity index (χ0) is 13.5. The zero-order valence-corrected chi connectivity index (χ0v) is 10.2. The predicted octanol–water partition coefficient (Wildman–Crippen LogP) is -0.329. The van der Waals surface area contributed by atoms with Crippen LogP contribution in [0.2, 0.25) is 0 Å². The van der Waals surface area contributed by atoms with Crippen molar-refractivity contribution in [2.45, 2.75) is 27.2 Å². The van der Waals surface area contributed by atoms with Gasteiger partial charge in [0, 0.05) is 18.4 Å². The molecule has 0 aromatic heterocycles. The van der Waals surface area contributed by atoms with Crippen molar-refractivity contribution in [3.63, 3.8) is 0 Å². The number of amides is 2. The van der Waals surface area contributed by atoms with Crippen LogP contribution in [-0.4, -0.2) is 36.0 Å². The molecule has 0 saturated carbocycles. The SMILES string of the molecule is CC(C)(C)C(=O)NCCC(=O)NOCC(=O)O. The predicted molar refractivity (Wildman–Crippen MR) is 58.8 cm³/mol. The molecule has 0 aliphatic heterocycles. The van der Waals surface area contributed by atoms with Crippen LogP contribution in [0.15, 0.2) is 0 Å². The summed E-state index contributed by atoms with van der Waals surface area (Å²) in [7, 11) is 0. The molecular formula is C10H18N2O5. The van der Waals surface area contributed by atoms with E-state index in [1.54, 1.807) is 20.8 Å². The Morgan fingerprint density at radius 1 is 1.24 bits per heavy atom. The summed E-state index contributed by atoms with van der Waals surface area (Å²) in [6.07, 6.45) is 0.0292. The summed E-state index contributed by atoms with van der Waals surface area (Å²) in [6, 6.07) is 0. The first-order chi connectivity index (χ1) is 7.73. The standard InChI is InChI=1S/C10H18N2O5/c1-10(2,3)9(16)11-5-4-7(13)12-17-6-8(14)15/h4-6H2,1-3H3,(H,11,16)(H,12,13)(H,14,15). The average molecular weight is 246 g/mol. The van der Waals surface area contributed by atoms with Crippen molar-refractivity contribution in [2.75, 3.05) is 13.2 Å². The van der Waals surface area contributed by atoms with Crippen molar-refractivity contribution in [1.82, 2.24) is 10.8 Å². The van der Waals surface area contributed by atoms with Crippen molar-refractivity contribution in [3.8, 4) is 0 Å². The molecule has 17 heavy (non-hydrogen) atoms. The third-order valence-corrected chi connectivity index (χ3v) is 1.70. The Labute approximate surface area is 99.5 Å². The van der Waals surface area contributed by atoms with E-state index in [2.05, 4.69) is 10.2 Å². The van der Waals surface area contributed by atoms with Crippen LogP contribution in [0.4, 0.5) is 0 Å². The summed E-state index contributed by atoms with van der Waals surface area (Å²) in [5, 5.41) is 10.8. The monoisotopic (exact) mass is 246 g/mol. The minimum Gasteiger partial charge on any atom is -0.479 e. The fraction of sp³-hybridized carbons (Fsp3) is 0.700. The summed E-state index contributed by atoms with van der Waals surface area (Å²) in [4.78, 5) is 36.9. The van der Waals surface area contributed by atoms with Crippen LogP contribution in [0.25, 0.3) is 0 Å². The maximum absolute atomic E-state index is 11.4. The highest BCUT2D eigenvalue weighted by Gasteiger charge is 2.20. The molecule has 0 heterocycles. The van der Waals surface area contributed by atoms with Gasteiger partial charge in [0.15, 0.2) is 6.61 Å². The molecule has 0 bridgehead atoms. The maximum atomic E-state index is 11.4. The van der Waals surface area contributed by atoms with Gasteiger partial charge in [-0.15, -0.1) is 0 Å². The van der Waals surface area contributed by atoms with Gasteiger partial charge in [-0.2, -0.15) is 0 Å². The lowest BCUT2D eigenvalue weighted by Crippen LogP contribution is -2.37. The molecule has 0 aromatic carbocycles. The molecule has 7 heteroatoms. The largest absolute Gasteiger partial charge is 0.479 e. The second-order valence-electron chi connectivity index (χ2n) is 4.46. The van der Waals surface area contributed by atoms with Crippen LogP contribution in [0, 0.1) is 5.41 Å². The van der Waals surface area contributed by atoms with Gasteiger partial charge >= 0.3 is 5.97 Å². The van der Waals surface area contributed by atoms with E-state index in [0.717, 1.165) is 0 Å². The zero-order valence-electron chi connectivity index (χ0n) is 10.2. The maximum Gasteiger partial charge on any atom is 0.332 e. The van der Waals surface area contributed by atoms with Gasteiger partial charge in [0.25, 0.3) is 0 Å². The number of hydrogen-bond acceptors (Lipinski definition) is 4. The van der Waals surface area contributed by atoms with Gasteiger partial charge in [0.05, 0.1) is 0 Å². The van der Waals surface area contributed by atoms with Crippen LogP contribution in [0.5, 0.6) is 0 Å². The van der Waals surface area contributed by atoms with Crippen LogP contribution in [-0.2, 0) is 19.2 Å². The van der Waals surface area contributed by atoms with Crippen LogP contribution >= 0.6 is 0 Å². The van der Waals surface area contributed by atoms with Gasteiger partial charge in [0.2, 0.25) is 11.8 Å². The van der Waals surface area contributed by atoms with E-state index in [1.807, 2.05) is 5.48 Å². The molecule has 0 spiro atoms. The second-order valence-corrected chi connectivity index (χ2v) is 4.46. The van der Waals surface area contributed by atoms with Crippen LogP contribution in [0.3, 0.4) is 0 Å². The van der Waals surface area contributed by atoms with E-state index in [9.17, 15) is 14.4 Å². The molecule has 0 unspecified atom stereocenters. The Morgan fingerprint density at radius 2 is 1.82 bits per heavy atom. The van der Waals surface area contributed by atoms with Gasteiger partial charge in [-0.25, -0.2) is 10.3 Å². The fourth-order valence-corrected chi connectivity index (χ4v) is 0.784. The molecule has 7 nitrogen and oxygen atoms in total. The number of carboxylic acids is 1. The summed E-state index contributed by atoms with van der Waals surface area (Å²) >= 11 is 0. The number of nitrogens with one attached hydrogen (secondary N) is 2. The first kappa shape index (κ1) is 15.4. The van der Waals surface area contributed by atoms with Crippen molar-refractivity contribution >= 4 is 17.8 Å².